The summed E-state index contributed by atoms with van der Waals surface area (Å²) in [5, 5.41) is 11.3. The van der Waals surface area contributed by atoms with E-state index in [1.54, 1.807) is 0 Å². The van der Waals surface area contributed by atoms with E-state index in [2.05, 4.69) is 80.6 Å². The van der Waals surface area contributed by atoms with Crippen molar-refractivity contribution in [2.24, 2.45) is 0 Å². The van der Waals surface area contributed by atoms with Gasteiger partial charge in [-0.1, -0.05) is 90.5 Å². The van der Waals surface area contributed by atoms with Gasteiger partial charge in [0, 0.05) is 11.1 Å². The van der Waals surface area contributed by atoms with Crippen molar-refractivity contribution < 1.29 is 0 Å². The third kappa shape index (κ3) is 2.82. The maximum absolute atomic E-state index is 8.84. The number of fused-ring (bicyclic) bond motifs is 1. The van der Waals surface area contributed by atoms with E-state index in [4.69, 9.17) is 5.41 Å². The molecule has 4 aromatic rings. The van der Waals surface area contributed by atoms with Crippen LogP contribution in [0.1, 0.15) is 22.3 Å². The highest BCUT2D eigenvalue weighted by Gasteiger charge is 2.15. The molecule has 0 fully saturated rings. The van der Waals surface area contributed by atoms with Gasteiger partial charge < -0.3 is 0 Å². The summed E-state index contributed by atoms with van der Waals surface area (Å²) in [6.45, 7) is 4.20. The van der Waals surface area contributed by atoms with E-state index in [0.717, 1.165) is 16.7 Å². The van der Waals surface area contributed by atoms with E-state index in [-0.39, 0.29) is 0 Å². The van der Waals surface area contributed by atoms with E-state index >= 15 is 0 Å². The molecule has 0 unspecified atom stereocenters. The first-order valence-electron chi connectivity index (χ1n) is 8.89. The summed E-state index contributed by atoms with van der Waals surface area (Å²) in [5.41, 5.74) is 7.23. The molecule has 1 N–H and O–H groups in total. The standard InChI is InChI=1S/C25H21N/c1-17-13-15-20(16-14-17)25(26)23-12-5-7-18(2)24(23)22-11-6-9-19-8-3-4-10-21(19)22/h3-16,26H,1-2H3. The van der Waals surface area contributed by atoms with Crippen molar-refractivity contribution in [3.8, 4) is 11.1 Å². The molecular formula is C25H21N. The molecule has 1 nitrogen and oxygen atoms in total. The van der Waals surface area contributed by atoms with E-state index in [9.17, 15) is 0 Å². The molecule has 0 amide bonds. The van der Waals surface area contributed by atoms with Crippen LogP contribution in [0.25, 0.3) is 21.9 Å². The summed E-state index contributed by atoms with van der Waals surface area (Å²) in [7, 11) is 0. The maximum Gasteiger partial charge on any atom is 0.0690 e. The van der Waals surface area contributed by atoms with E-state index < -0.39 is 0 Å². The molecule has 1 heteroatoms. The minimum Gasteiger partial charge on any atom is -0.300 e. The van der Waals surface area contributed by atoms with E-state index in [0.29, 0.717) is 5.71 Å². The van der Waals surface area contributed by atoms with Gasteiger partial charge in [-0.15, -0.1) is 0 Å². The summed E-state index contributed by atoms with van der Waals surface area (Å²) in [5.74, 6) is 0. The average Bonchev–Trinajstić information content (AvgIpc) is 2.67. The van der Waals surface area contributed by atoms with Gasteiger partial charge in [-0.3, -0.25) is 5.41 Å². The van der Waals surface area contributed by atoms with Crippen LogP contribution in [0, 0.1) is 19.3 Å². The van der Waals surface area contributed by atoms with Crippen LogP contribution in [0.15, 0.2) is 84.9 Å². The second-order valence-corrected chi connectivity index (χ2v) is 6.77. The Hall–Kier alpha value is -3.19. The first-order valence-corrected chi connectivity index (χ1v) is 8.89. The fourth-order valence-corrected chi connectivity index (χ4v) is 3.55. The van der Waals surface area contributed by atoms with Crippen LogP contribution in [0.3, 0.4) is 0 Å². The topological polar surface area (TPSA) is 23.9 Å². The number of hydrogen-bond donors (Lipinski definition) is 1. The first kappa shape index (κ1) is 16.3. The number of hydrogen-bond acceptors (Lipinski definition) is 1. The van der Waals surface area contributed by atoms with Crippen LogP contribution in [0.5, 0.6) is 0 Å². The van der Waals surface area contributed by atoms with E-state index in [1.165, 1.54) is 27.5 Å². The fraction of sp³-hybridized carbons (Fsp3) is 0.0800. The summed E-state index contributed by atoms with van der Waals surface area (Å²) < 4.78 is 0. The highest BCUT2D eigenvalue weighted by molar-refractivity contribution is 6.16. The zero-order valence-electron chi connectivity index (χ0n) is 15.1. The van der Waals surface area contributed by atoms with E-state index in [1.807, 2.05) is 18.2 Å². The van der Waals surface area contributed by atoms with Crippen molar-refractivity contribution in [3.63, 3.8) is 0 Å². The average molecular weight is 335 g/mol. The molecule has 0 aliphatic heterocycles. The molecule has 0 aromatic heterocycles. The van der Waals surface area contributed by atoms with Gasteiger partial charge in [0.2, 0.25) is 0 Å². The summed E-state index contributed by atoms with van der Waals surface area (Å²) >= 11 is 0. The second-order valence-electron chi connectivity index (χ2n) is 6.77. The largest absolute Gasteiger partial charge is 0.300 e. The zero-order chi connectivity index (χ0) is 18.1. The van der Waals surface area contributed by atoms with Crippen molar-refractivity contribution in [2.45, 2.75) is 13.8 Å². The Morgan fingerprint density at radius 3 is 2.19 bits per heavy atom. The van der Waals surface area contributed by atoms with Crippen molar-refractivity contribution in [1.29, 1.82) is 5.41 Å². The molecule has 4 rings (SSSR count). The molecular weight excluding hydrogens is 314 g/mol. The number of aryl methyl sites for hydroxylation is 2. The molecule has 0 spiro atoms. The first-order chi connectivity index (χ1) is 12.6. The Kier molecular flexibility index (Phi) is 4.14. The third-order valence-corrected chi connectivity index (χ3v) is 4.94. The smallest absolute Gasteiger partial charge is 0.0690 e. The minimum absolute atomic E-state index is 0.566. The van der Waals surface area contributed by atoms with Crippen LogP contribution >= 0.6 is 0 Å². The Morgan fingerprint density at radius 2 is 1.38 bits per heavy atom. The quantitative estimate of drug-likeness (QED) is 0.411. The van der Waals surface area contributed by atoms with Crippen molar-refractivity contribution in [1.82, 2.24) is 0 Å². The predicted molar refractivity (Wildman–Crippen MR) is 111 cm³/mol. The zero-order valence-corrected chi connectivity index (χ0v) is 15.1. The number of rotatable bonds is 3. The molecule has 4 aromatic carbocycles. The van der Waals surface area contributed by atoms with Gasteiger partial charge in [0.1, 0.15) is 0 Å². The van der Waals surface area contributed by atoms with Crippen molar-refractivity contribution in [3.05, 3.63) is 107 Å². The highest BCUT2D eigenvalue weighted by atomic mass is 14.4. The Balaban J connectivity index is 1.95. The lowest BCUT2D eigenvalue weighted by molar-refractivity contribution is 1.40. The molecule has 0 aliphatic carbocycles. The lowest BCUT2D eigenvalue weighted by Crippen LogP contribution is -2.05. The molecule has 126 valence electrons. The minimum atomic E-state index is 0.566. The molecule has 26 heavy (non-hydrogen) atoms. The summed E-state index contributed by atoms with van der Waals surface area (Å²) in [6.07, 6.45) is 0. The van der Waals surface area contributed by atoms with Gasteiger partial charge in [-0.2, -0.15) is 0 Å². The lowest BCUT2D eigenvalue weighted by atomic mass is 9.88. The maximum atomic E-state index is 8.84. The summed E-state index contributed by atoms with van der Waals surface area (Å²) in [6, 6.07) is 29.3. The Bertz CT molecular complexity index is 1100. The molecule has 0 saturated carbocycles. The van der Waals surface area contributed by atoms with Crippen molar-refractivity contribution in [2.75, 3.05) is 0 Å². The predicted octanol–water partition coefficient (Wildman–Crippen LogP) is 6.54. The molecule has 0 aliphatic rings. The van der Waals surface area contributed by atoms with Crippen LogP contribution in [-0.4, -0.2) is 5.71 Å². The second kappa shape index (κ2) is 6.61. The Labute approximate surface area is 154 Å². The molecule has 0 saturated heterocycles. The SMILES string of the molecule is Cc1ccc(C(=N)c2cccc(C)c2-c2cccc3ccccc23)cc1. The molecule has 0 bridgehead atoms. The van der Waals surface area contributed by atoms with Crippen LogP contribution < -0.4 is 0 Å². The van der Waals surface area contributed by atoms with Gasteiger partial charge in [-0.05, 0) is 41.3 Å². The normalized spacial score (nSPS) is 10.8. The summed E-state index contributed by atoms with van der Waals surface area (Å²) in [4.78, 5) is 0. The van der Waals surface area contributed by atoms with Gasteiger partial charge in [0.05, 0.1) is 5.71 Å². The fourth-order valence-electron chi connectivity index (χ4n) is 3.55. The van der Waals surface area contributed by atoms with Gasteiger partial charge in [0.25, 0.3) is 0 Å². The number of benzene rings is 4. The van der Waals surface area contributed by atoms with Crippen molar-refractivity contribution >= 4 is 16.5 Å². The highest BCUT2D eigenvalue weighted by Crippen LogP contribution is 2.34. The van der Waals surface area contributed by atoms with Crippen LogP contribution in [0.2, 0.25) is 0 Å². The molecule has 0 heterocycles. The number of nitrogens with one attached hydrogen (secondary N) is 1. The third-order valence-electron chi connectivity index (χ3n) is 4.94. The van der Waals surface area contributed by atoms with Crippen LogP contribution in [0.4, 0.5) is 0 Å². The molecule has 0 radical (unpaired) electrons. The molecule has 0 atom stereocenters. The monoisotopic (exact) mass is 335 g/mol. The van der Waals surface area contributed by atoms with Crippen LogP contribution in [-0.2, 0) is 0 Å². The van der Waals surface area contributed by atoms with Gasteiger partial charge >= 0.3 is 0 Å². The Morgan fingerprint density at radius 1 is 0.692 bits per heavy atom. The van der Waals surface area contributed by atoms with Gasteiger partial charge in [0.15, 0.2) is 0 Å². The van der Waals surface area contributed by atoms with Gasteiger partial charge in [-0.25, -0.2) is 0 Å². The lowest BCUT2D eigenvalue weighted by Gasteiger charge is -2.16.